The van der Waals surface area contributed by atoms with E-state index in [0.29, 0.717) is 10.7 Å². The van der Waals surface area contributed by atoms with Crippen molar-refractivity contribution in [3.8, 4) is 0 Å². The molecule has 2 rings (SSSR count). The summed E-state index contributed by atoms with van der Waals surface area (Å²) in [6, 6.07) is 7.49. The lowest BCUT2D eigenvalue weighted by molar-refractivity contribution is -0.198. The van der Waals surface area contributed by atoms with Crippen molar-refractivity contribution in [3.05, 3.63) is 40.9 Å². The zero-order chi connectivity index (χ0) is 18.4. The lowest BCUT2D eigenvalue weighted by Gasteiger charge is -2.36. The molecule has 0 aliphatic carbocycles. The van der Waals surface area contributed by atoms with Crippen molar-refractivity contribution in [1.29, 1.82) is 0 Å². The van der Waals surface area contributed by atoms with Gasteiger partial charge < -0.3 is 10.4 Å². The van der Waals surface area contributed by atoms with Crippen LogP contribution in [-0.4, -0.2) is 59.7 Å². The van der Waals surface area contributed by atoms with Crippen molar-refractivity contribution in [2.75, 3.05) is 31.8 Å². The van der Waals surface area contributed by atoms with Crippen LogP contribution in [0.4, 0.5) is 10.2 Å². The van der Waals surface area contributed by atoms with Gasteiger partial charge in [0.2, 0.25) is 0 Å². The molecule has 10 heteroatoms. The molecule has 1 heterocycles. The fraction of sp³-hybridized carbons (Fsp3) is 0.333. The van der Waals surface area contributed by atoms with Crippen molar-refractivity contribution in [3.63, 3.8) is 0 Å². The molecule has 0 saturated heterocycles. The third-order valence-electron chi connectivity index (χ3n) is 3.38. The van der Waals surface area contributed by atoms with Crippen molar-refractivity contribution in [1.82, 2.24) is 15.7 Å². The third-order valence-corrected chi connectivity index (χ3v) is 4.25. The number of carbonyl (C=O) groups is 2. The van der Waals surface area contributed by atoms with Crippen LogP contribution < -0.4 is 10.8 Å². The van der Waals surface area contributed by atoms with Crippen molar-refractivity contribution in [2.45, 2.75) is 6.04 Å². The summed E-state index contributed by atoms with van der Waals surface area (Å²) in [6.07, 6.45) is 1.64. The number of likely N-dealkylation sites (N-methyl/N-ethyl adjacent to an activating group) is 1. The Kier molecular flexibility index (Phi) is 6.76. The number of benzene rings is 1. The molecule has 0 aromatic heterocycles. The minimum atomic E-state index is -1.40. The summed E-state index contributed by atoms with van der Waals surface area (Å²) in [5.41, 5.74) is 2.82. The number of nitrogens with one attached hydrogen (secondary N) is 2. The number of rotatable bonds is 7. The number of hydrogen-bond acceptors (Lipinski definition) is 7. The highest BCUT2D eigenvalue weighted by Crippen LogP contribution is 2.32. The highest BCUT2D eigenvalue weighted by molar-refractivity contribution is 8.02. The molecule has 1 aromatic carbocycles. The molecule has 0 fully saturated rings. The number of aliphatic hydroxyl groups is 1. The van der Waals surface area contributed by atoms with E-state index in [1.165, 1.54) is 7.05 Å². The number of carbonyl (C=O) groups excluding carboxylic acids is 2. The van der Waals surface area contributed by atoms with Crippen LogP contribution >= 0.6 is 11.8 Å². The summed E-state index contributed by atoms with van der Waals surface area (Å²) in [6.45, 7) is -0.429. The Morgan fingerprint density at radius 2 is 2.08 bits per heavy atom. The first-order valence-corrected chi connectivity index (χ1v) is 8.59. The van der Waals surface area contributed by atoms with E-state index in [9.17, 15) is 14.1 Å². The lowest BCUT2D eigenvalue weighted by atomic mass is 10.1. The van der Waals surface area contributed by atoms with Crippen LogP contribution in [0.1, 0.15) is 0 Å². The third kappa shape index (κ3) is 4.28. The molecule has 1 aliphatic heterocycles. The van der Waals surface area contributed by atoms with Crippen LogP contribution in [0, 0.1) is 0 Å². The Balaban J connectivity index is 2.35. The minimum Gasteiger partial charge on any atom is -0.394 e. The predicted molar refractivity (Wildman–Crippen MR) is 91.3 cm³/mol. The summed E-state index contributed by atoms with van der Waals surface area (Å²) in [5, 5.41) is 12.4. The Labute approximate surface area is 148 Å². The molecule has 1 atom stereocenters. The second-order valence-electron chi connectivity index (χ2n) is 4.99. The Hall–Kier alpha value is -2.14. The van der Waals surface area contributed by atoms with Crippen LogP contribution in [0.25, 0.3) is 0 Å². The lowest BCUT2D eigenvalue weighted by Crippen LogP contribution is -2.56. The van der Waals surface area contributed by atoms with Gasteiger partial charge >= 0.3 is 0 Å². The monoisotopic (exact) mass is 370 g/mol. The number of nitrogens with zero attached hydrogens (tertiary/aromatic N) is 2. The van der Waals surface area contributed by atoms with Crippen molar-refractivity contribution in [2.24, 2.45) is 0 Å². The molecule has 0 saturated carbocycles. The molecule has 1 aliphatic rings. The van der Waals surface area contributed by atoms with Gasteiger partial charge in [0, 0.05) is 17.6 Å². The van der Waals surface area contributed by atoms with E-state index in [1.54, 1.807) is 30.5 Å². The molecule has 3 N–H and O–H groups in total. The van der Waals surface area contributed by atoms with Crippen molar-refractivity contribution < 1.29 is 24.0 Å². The van der Waals surface area contributed by atoms with Gasteiger partial charge in [-0.25, -0.2) is 10.5 Å². The zero-order valence-corrected chi connectivity index (χ0v) is 14.5. The van der Waals surface area contributed by atoms with Gasteiger partial charge in [-0.05, 0) is 23.6 Å². The second-order valence-corrected chi connectivity index (χ2v) is 5.84. The van der Waals surface area contributed by atoms with E-state index >= 15 is 0 Å². The summed E-state index contributed by atoms with van der Waals surface area (Å²) >= 11 is 1.08. The summed E-state index contributed by atoms with van der Waals surface area (Å²) in [4.78, 5) is 29.7. The normalized spacial score (nSPS) is 18.5. The minimum absolute atomic E-state index is 0.0436. The molecular formula is C15H19FN4O4S. The van der Waals surface area contributed by atoms with E-state index in [4.69, 9.17) is 9.94 Å². The highest BCUT2D eigenvalue weighted by atomic mass is 32.2. The highest BCUT2D eigenvalue weighted by Gasteiger charge is 2.43. The number of aliphatic hydroxyl groups excluding tert-OH is 1. The van der Waals surface area contributed by atoms with E-state index in [0.717, 1.165) is 11.8 Å². The quantitative estimate of drug-likeness (QED) is 0.369. The van der Waals surface area contributed by atoms with Crippen LogP contribution in [0.15, 0.2) is 40.9 Å². The van der Waals surface area contributed by atoms with Gasteiger partial charge in [0.05, 0.1) is 13.2 Å². The number of hydrogen-bond donors (Lipinski definition) is 3. The van der Waals surface area contributed by atoms with E-state index < -0.39 is 17.9 Å². The Morgan fingerprint density at radius 1 is 1.40 bits per heavy atom. The number of amides is 2. The van der Waals surface area contributed by atoms with Crippen molar-refractivity contribution >= 4 is 29.3 Å². The Morgan fingerprint density at radius 3 is 2.68 bits per heavy atom. The van der Waals surface area contributed by atoms with Crippen LogP contribution in [-0.2, 0) is 14.4 Å². The number of thioether (sulfide) groups is 1. The fourth-order valence-electron chi connectivity index (χ4n) is 2.19. The SMILES string of the molecule is CSC1=C(Nc2ccccc2)C(=O)N(C)N(F)C1C(=O)NOCCO. The van der Waals surface area contributed by atoms with Gasteiger partial charge in [-0.2, -0.15) is 0 Å². The first-order chi connectivity index (χ1) is 12.0. The van der Waals surface area contributed by atoms with Gasteiger partial charge in [-0.1, -0.05) is 18.2 Å². The van der Waals surface area contributed by atoms with Gasteiger partial charge in [0.25, 0.3) is 11.8 Å². The smallest absolute Gasteiger partial charge is 0.287 e. The summed E-state index contributed by atoms with van der Waals surface area (Å²) < 4.78 is 14.5. The second kappa shape index (κ2) is 8.81. The van der Waals surface area contributed by atoms with E-state index in [2.05, 4.69) is 10.8 Å². The standard InChI is InChI=1S/C15H19FN4O4S/c1-19-15(23)11(17-10-6-4-3-5-7-10)13(25-2)12(20(19)16)14(22)18-24-9-8-21/h3-7,12,17,21H,8-9H2,1-2H3,(H,18,22). The van der Waals surface area contributed by atoms with Crippen LogP contribution in [0.2, 0.25) is 0 Å². The number of hydroxylamine groups is 1. The van der Waals surface area contributed by atoms with Crippen LogP contribution in [0.5, 0.6) is 0 Å². The number of anilines is 1. The maximum atomic E-state index is 14.5. The molecular weight excluding hydrogens is 351 g/mol. The van der Waals surface area contributed by atoms with Crippen LogP contribution in [0.3, 0.4) is 0 Å². The summed E-state index contributed by atoms with van der Waals surface area (Å²) in [7, 11) is 1.22. The largest absolute Gasteiger partial charge is 0.394 e. The average Bonchev–Trinajstić information content (AvgIpc) is 2.62. The Bertz CT molecular complexity index is 658. The molecule has 1 aromatic rings. The molecule has 2 amide bonds. The number of para-hydroxylation sites is 1. The molecule has 0 spiro atoms. The maximum absolute atomic E-state index is 14.5. The molecule has 1 unspecified atom stereocenters. The number of hydrazine groups is 1. The average molecular weight is 370 g/mol. The molecule has 25 heavy (non-hydrogen) atoms. The first-order valence-electron chi connectivity index (χ1n) is 7.37. The first kappa shape index (κ1) is 19.2. The van der Waals surface area contributed by atoms with Gasteiger partial charge in [-0.3, -0.25) is 14.4 Å². The molecule has 8 nitrogen and oxygen atoms in total. The zero-order valence-electron chi connectivity index (χ0n) is 13.7. The van der Waals surface area contributed by atoms with E-state index in [1.807, 2.05) is 6.07 Å². The predicted octanol–water partition coefficient (Wildman–Crippen LogP) is 0.655. The molecule has 136 valence electrons. The summed E-state index contributed by atoms with van der Waals surface area (Å²) in [5.74, 6) is -1.41. The fourth-order valence-corrected chi connectivity index (χ4v) is 2.95. The van der Waals surface area contributed by atoms with E-state index in [-0.39, 0.29) is 29.0 Å². The van der Waals surface area contributed by atoms with Gasteiger partial charge in [-0.15, -0.1) is 16.2 Å². The van der Waals surface area contributed by atoms with Gasteiger partial charge in [0.1, 0.15) is 5.70 Å². The molecule has 0 bridgehead atoms. The molecule has 0 radical (unpaired) electrons. The van der Waals surface area contributed by atoms with Gasteiger partial charge in [0.15, 0.2) is 6.04 Å². The maximum Gasteiger partial charge on any atom is 0.287 e. The number of halogens is 1. The topological polar surface area (TPSA) is 94.1 Å².